The van der Waals surface area contributed by atoms with Gasteiger partial charge in [0.2, 0.25) is 6.79 Å². The van der Waals surface area contributed by atoms with Crippen LogP contribution in [0.1, 0.15) is 22.9 Å². The second kappa shape index (κ2) is 4.83. The van der Waals surface area contributed by atoms with E-state index in [2.05, 4.69) is 17.2 Å². The molecule has 0 fully saturated rings. The van der Waals surface area contributed by atoms with Gasteiger partial charge >= 0.3 is 0 Å². The van der Waals surface area contributed by atoms with E-state index in [-0.39, 0.29) is 6.04 Å². The summed E-state index contributed by atoms with van der Waals surface area (Å²) in [5, 5.41) is 4.35. The van der Waals surface area contributed by atoms with Crippen LogP contribution in [-0.4, -0.2) is 18.8 Å². The molecule has 0 spiro atoms. The number of benzene rings is 1. The van der Waals surface area contributed by atoms with Crippen LogP contribution in [0.25, 0.3) is 11.3 Å². The summed E-state index contributed by atoms with van der Waals surface area (Å²) < 4.78 is 10.8. The van der Waals surface area contributed by atoms with Gasteiger partial charge in [-0.3, -0.25) is 0 Å². The lowest BCUT2D eigenvalue weighted by molar-refractivity contribution is 0.174. The van der Waals surface area contributed by atoms with Crippen molar-refractivity contribution in [3.8, 4) is 22.8 Å². The third-order valence-corrected chi connectivity index (χ3v) is 4.39. The number of rotatable bonds is 3. The van der Waals surface area contributed by atoms with Crippen molar-refractivity contribution >= 4 is 11.3 Å². The molecule has 1 aromatic heterocycles. The molecular formula is C14H16N2O2S. The number of fused-ring (bicyclic) bond motifs is 1. The van der Waals surface area contributed by atoms with Gasteiger partial charge in [-0.25, -0.2) is 4.98 Å². The standard InChI is InChI=1S/C14H16N2O2S/c1-8(15-3)14-13(16-9(2)19-14)10-4-5-11-12(6-10)18-7-17-11/h4-6,8,15H,7H2,1-3H3. The minimum absolute atomic E-state index is 0.284. The van der Waals surface area contributed by atoms with Gasteiger partial charge in [-0.05, 0) is 39.1 Å². The predicted molar refractivity (Wildman–Crippen MR) is 75.9 cm³/mol. The molecule has 0 radical (unpaired) electrons. The van der Waals surface area contributed by atoms with E-state index in [0.717, 1.165) is 27.8 Å². The zero-order chi connectivity index (χ0) is 13.4. The molecule has 1 aromatic carbocycles. The van der Waals surface area contributed by atoms with Crippen LogP contribution in [0.4, 0.5) is 0 Å². The van der Waals surface area contributed by atoms with Crippen LogP contribution in [-0.2, 0) is 0 Å². The molecule has 4 nitrogen and oxygen atoms in total. The van der Waals surface area contributed by atoms with E-state index in [9.17, 15) is 0 Å². The van der Waals surface area contributed by atoms with Crippen LogP contribution in [0.5, 0.6) is 11.5 Å². The lowest BCUT2D eigenvalue weighted by Gasteiger charge is -2.10. The molecule has 1 aliphatic heterocycles. The summed E-state index contributed by atoms with van der Waals surface area (Å²) in [5.74, 6) is 1.60. The third-order valence-electron chi connectivity index (χ3n) is 3.23. The molecule has 19 heavy (non-hydrogen) atoms. The second-order valence-electron chi connectivity index (χ2n) is 4.52. The van der Waals surface area contributed by atoms with Crippen molar-refractivity contribution in [2.45, 2.75) is 19.9 Å². The highest BCUT2D eigenvalue weighted by Crippen LogP contribution is 2.39. The van der Waals surface area contributed by atoms with Crippen LogP contribution < -0.4 is 14.8 Å². The van der Waals surface area contributed by atoms with Crippen molar-refractivity contribution in [2.75, 3.05) is 13.8 Å². The normalized spacial score (nSPS) is 14.7. The zero-order valence-corrected chi connectivity index (χ0v) is 12.0. The fourth-order valence-electron chi connectivity index (χ4n) is 2.12. The van der Waals surface area contributed by atoms with Crippen molar-refractivity contribution in [3.05, 3.63) is 28.1 Å². The molecule has 0 bridgehead atoms. The summed E-state index contributed by atoms with van der Waals surface area (Å²) in [6.45, 7) is 4.48. The molecular weight excluding hydrogens is 260 g/mol. The average Bonchev–Trinajstić information content (AvgIpc) is 3.02. The highest BCUT2D eigenvalue weighted by atomic mass is 32.1. The SMILES string of the molecule is CNC(C)c1sc(C)nc1-c1ccc2c(c1)OCO2. The van der Waals surface area contributed by atoms with E-state index in [1.165, 1.54) is 4.88 Å². The van der Waals surface area contributed by atoms with Gasteiger partial charge in [0.15, 0.2) is 11.5 Å². The average molecular weight is 276 g/mol. The quantitative estimate of drug-likeness (QED) is 0.935. The maximum atomic E-state index is 5.43. The first-order valence-electron chi connectivity index (χ1n) is 6.23. The fraction of sp³-hybridized carbons (Fsp3) is 0.357. The number of ether oxygens (including phenoxy) is 2. The minimum atomic E-state index is 0.284. The molecule has 100 valence electrons. The van der Waals surface area contributed by atoms with Crippen molar-refractivity contribution < 1.29 is 9.47 Å². The minimum Gasteiger partial charge on any atom is -0.454 e. The van der Waals surface area contributed by atoms with Gasteiger partial charge in [-0.1, -0.05) is 0 Å². The van der Waals surface area contributed by atoms with E-state index in [4.69, 9.17) is 9.47 Å². The summed E-state index contributed by atoms with van der Waals surface area (Å²) >= 11 is 1.73. The first-order chi connectivity index (χ1) is 9.19. The summed E-state index contributed by atoms with van der Waals surface area (Å²) in [7, 11) is 1.96. The van der Waals surface area contributed by atoms with Gasteiger partial charge in [-0.2, -0.15) is 0 Å². The molecule has 2 heterocycles. The molecule has 0 saturated carbocycles. The van der Waals surface area contributed by atoms with Crippen molar-refractivity contribution in [1.82, 2.24) is 10.3 Å². The Morgan fingerprint density at radius 2 is 2.11 bits per heavy atom. The van der Waals surface area contributed by atoms with Gasteiger partial charge in [0, 0.05) is 16.5 Å². The van der Waals surface area contributed by atoms with Crippen molar-refractivity contribution in [3.63, 3.8) is 0 Å². The van der Waals surface area contributed by atoms with Crippen LogP contribution >= 0.6 is 11.3 Å². The fourth-order valence-corrected chi connectivity index (χ4v) is 3.13. The highest BCUT2D eigenvalue weighted by Gasteiger charge is 2.19. The van der Waals surface area contributed by atoms with Crippen LogP contribution in [0.2, 0.25) is 0 Å². The van der Waals surface area contributed by atoms with Gasteiger partial charge in [0.25, 0.3) is 0 Å². The number of thiazole rings is 1. The Labute approximate surface area is 116 Å². The Kier molecular flexibility index (Phi) is 3.16. The van der Waals surface area contributed by atoms with Crippen LogP contribution in [0.15, 0.2) is 18.2 Å². The Bertz CT molecular complexity index is 609. The topological polar surface area (TPSA) is 43.4 Å². The molecule has 1 atom stereocenters. The molecule has 1 unspecified atom stereocenters. The number of nitrogens with one attached hydrogen (secondary N) is 1. The predicted octanol–water partition coefficient (Wildman–Crippen LogP) is 3.13. The lowest BCUT2D eigenvalue weighted by atomic mass is 10.1. The summed E-state index contributed by atoms with van der Waals surface area (Å²) in [5.41, 5.74) is 2.10. The first-order valence-corrected chi connectivity index (χ1v) is 7.05. The lowest BCUT2D eigenvalue weighted by Crippen LogP contribution is -2.11. The van der Waals surface area contributed by atoms with Crippen molar-refractivity contribution in [2.24, 2.45) is 0 Å². The molecule has 2 aromatic rings. The Morgan fingerprint density at radius 1 is 1.32 bits per heavy atom. The number of aryl methyl sites for hydroxylation is 1. The van der Waals surface area contributed by atoms with E-state index in [1.807, 2.05) is 32.2 Å². The number of nitrogens with zero attached hydrogens (tertiary/aromatic N) is 1. The van der Waals surface area contributed by atoms with Gasteiger partial charge in [0.05, 0.1) is 10.7 Å². The molecule has 0 amide bonds. The van der Waals surface area contributed by atoms with Crippen LogP contribution in [0.3, 0.4) is 0 Å². The van der Waals surface area contributed by atoms with Gasteiger partial charge < -0.3 is 14.8 Å². The smallest absolute Gasteiger partial charge is 0.231 e. The maximum absolute atomic E-state index is 5.43. The zero-order valence-electron chi connectivity index (χ0n) is 11.2. The molecule has 0 aliphatic carbocycles. The second-order valence-corrected chi connectivity index (χ2v) is 5.76. The molecule has 5 heteroatoms. The van der Waals surface area contributed by atoms with Gasteiger partial charge in [0.1, 0.15) is 0 Å². The molecule has 1 N–H and O–H groups in total. The Balaban J connectivity index is 2.06. The van der Waals surface area contributed by atoms with Crippen LogP contribution in [0, 0.1) is 6.92 Å². The van der Waals surface area contributed by atoms with E-state index in [1.54, 1.807) is 11.3 Å². The first kappa shape index (κ1) is 12.4. The number of hydrogen-bond donors (Lipinski definition) is 1. The molecule has 1 aliphatic rings. The maximum Gasteiger partial charge on any atom is 0.231 e. The monoisotopic (exact) mass is 276 g/mol. The molecule has 3 rings (SSSR count). The summed E-state index contributed by atoms with van der Waals surface area (Å²) in [4.78, 5) is 5.91. The Hall–Kier alpha value is -1.59. The van der Waals surface area contributed by atoms with E-state index in [0.29, 0.717) is 6.79 Å². The van der Waals surface area contributed by atoms with E-state index >= 15 is 0 Å². The van der Waals surface area contributed by atoms with E-state index < -0.39 is 0 Å². The largest absolute Gasteiger partial charge is 0.454 e. The summed E-state index contributed by atoms with van der Waals surface area (Å²) in [6, 6.07) is 6.27. The molecule has 0 saturated heterocycles. The number of aromatic nitrogens is 1. The Morgan fingerprint density at radius 3 is 2.89 bits per heavy atom. The number of hydrogen-bond acceptors (Lipinski definition) is 5. The third kappa shape index (κ3) is 2.19. The van der Waals surface area contributed by atoms with Crippen molar-refractivity contribution in [1.29, 1.82) is 0 Å². The summed E-state index contributed by atoms with van der Waals surface area (Å²) in [6.07, 6.45) is 0. The highest BCUT2D eigenvalue weighted by molar-refractivity contribution is 7.12. The van der Waals surface area contributed by atoms with Gasteiger partial charge in [-0.15, -0.1) is 11.3 Å².